The normalized spacial score (nSPS) is 10.8. The summed E-state index contributed by atoms with van der Waals surface area (Å²) in [7, 11) is 1.60. The summed E-state index contributed by atoms with van der Waals surface area (Å²) in [6.07, 6.45) is 0.674. The zero-order chi connectivity index (χ0) is 24.7. The van der Waals surface area contributed by atoms with Crippen LogP contribution in [0.4, 0.5) is 27.8 Å². The Bertz CT molecular complexity index is 1160. The second kappa shape index (κ2) is 10.5. The van der Waals surface area contributed by atoms with Gasteiger partial charge in [-0.1, -0.05) is 12.1 Å². The number of nitrogens with zero attached hydrogens (tertiary/aromatic N) is 2. The highest BCUT2D eigenvalue weighted by atomic mass is 16.6. The highest BCUT2D eigenvalue weighted by Gasteiger charge is 2.17. The number of hydrogen-bond donors (Lipinski definition) is 4. The van der Waals surface area contributed by atoms with E-state index in [1.807, 2.05) is 24.3 Å². The van der Waals surface area contributed by atoms with Gasteiger partial charge >= 0.3 is 6.09 Å². The van der Waals surface area contributed by atoms with Crippen LogP contribution >= 0.6 is 0 Å². The minimum atomic E-state index is -0.630. The molecule has 2 aromatic carbocycles. The van der Waals surface area contributed by atoms with Gasteiger partial charge in [-0.15, -0.1) is 0 Å². The first kappa shape index (κ1) is 24.3. The fourth-order valence-corrected chi connectivity index (χ4v) is 2.89. The fourth-order valence-electron chi connectivity index (χ4n) is 2.89. The van der Waals surface area contributed by atoms with Gasteiger partial charge in [0.15, 0.2) is 0 Å². The summed E-state index contributed by atoms with van der Waals surface area (Å²) in [5, 5.41) is 8.47. The lowest BCUT2D eigenvalue weighted by Crippen LogP contribution is -2.27. The number of hydrogen-bond acceptors (Lipinski definition) is 8. The molecule has 1 aromatic heterocycles. The molecule has 0 aliphatic heterocycles. The van der Waals surface area contributed by atoms with Crippen LogP contribution in [0.1, 0.15) is 36.7 Å². The van der Waals surface area contributed by atoms with Gasteiger partial charge in [-0.2, -0.15) is 0 Å². The summed E-state index contributed by atoms with van der Waals surface area (Å²) in [6, 6.07) is 13.9. The Morgan fingerprint density at radius 1 is 1.00 bits per heavy atom. The van der Waals surface area contributed by atoms with E-state index in [4.69, 9.17) is 15.2 Å². The number of nitrogen functional groups attached to an aromatic ring is 1. The smallest absolute Gasteiger partial charge is 0.413 e. The molecule has 0 atom stereocenters. The van der Waals surface area contributed by atoms with Gasteiger partial charge in [-0.3, -0.25) is 10.1 Å². The molecule has 5 N–H and O–H groups in total. The lowest BCUT2D eigenvalue weighted by atomic mass is 10.1. The summed E-state index contributed by atoms with van der Waals surface area (Å²) >= 11 is 0. The van der Waals surface area contributed by atoms with E-state index in [-0.39, 0.29) is 11.7 Å². The van der Waals surface area contributed by atoms with Gasteiger partial charge in [0.05, 0.1) is 18.5 Å². The molecule has 178 valence electrons. The number of carbonyl (C=O) groups is 2. The van der Waals surface area contributed by atoms with E-state index in [1.165, 1.54) is 6.33 Å². The number of nitrogens with one attached hydrogen (secondary N) is 3. The summed E-state index contributed by atoms with van der Waals surface area (Å²) in [5.74, 6) is 1.17. The van der Waals surface area contributed by atoms with Crippen molar-refractivity contribution < 1.29 is 19.1 Å². The Morgan fingerprint density at radius 2 is 1.71 bits per heavy atom. The number of carbonyl (C=O) groups excluding carboxylic acids is 2. The quantitative estimate of drug-likeness (QED) is 0.383. The predicted molar refractivity (Wildman–Crippen MR) is 130 cm³/mol. The van der Waals surface area contributed by atoms with E-state index in [0.717, 1.165) is 11.3 Å². The minimum absolute atomic E-state index is 0.250. The summed E-state index contributed by atoms with van der Waals surface area (Å²) in [4.78, 5) is 32.6. The van der Waals surface area contributed by atoms with Crippen molar-refractivity contribution in [3.8, 4) is 5.75 Å². The molecule has 34 heavy (non-hydrogen) atoms. The molecule has 0 aliphatic carbocycles. The number of aromatic nitrogens is 2. The van der Waals surface area contributed by atoms with Crippen LogP contribution in [-0.4, -0.2) is 34.7 Å². The van der Waals surface area contributed by atoms with Crippen LogP contribution in [0.2, 0.25) is 0 Å². The molecule has 0 bridgehead atoms. The third-order valence-electron chi connectivity index (χ3n) is 4.48. The Hall–Kier alpha value is -4.34. The first-order valence-corrected chi connectivity index (χ1v) is 10.5. The number of rotatable bonds is 7. The molecule has 0 spiro atoms. The molecule has 10 heteroatoms. The van der Waals surface area contributed by atoms with Gasteiger partial charge in [0.25, 0.3) is 5.91 Å². The zero-order valence-corrected chi connectivity index (χ0v) is 19.5. The number of anilines is 4. The third-order valence-corrected chi connectivity index (χ3v) is 4.48. The maximum Gasteiger partial charge on any atom is 0.413 e. The minimum Gasteiger partial charge on any atom is -0.497 e. The molecule has 3 rings (SSSR count). The van der Waals surface area contributed by atoms with Crippen LogP contribution in [0, 0.1) is 0 Å². The first-order valence-electron chi connectivity index (χ1n) is 10.5. The maximum absolute atomic E-state index is 12.5. The van der Waals surface area contributed by atoms with E-state index in [2.05, 4.69) is 25.9 Å². The first-order chi connectivity index (χ1) is 16.1. The SMILES string of the molecule is COc1ccc(CNC(=O)c2ccc(Nc3cc(NC(=O)OC(C)(C)C)ncn3)c(N)c2)cc1. The maximum atomic E-state index is 12.5. The average Bonchev–Trinajstić information content (AvgIpc) is 2.78. The monoisotopic (exact) mass is 464 g/mol. The van der Waals surface area contributed by atoms with Crippen molar-refractivity contribution in [3.63, 3.8) is 0 Å². The van der Waals surface area contributed by atoms with Crippen LogP contribution in [0.5, 0.6) is 5.75 Å². The fraction of sp³-hybridized carbons (Fsp3) is 0.250. The van der Waals surface area contributed by atoms with E-state index >= 15 is 0 Å². The van der Waals surface area contributed by atoms with Crippen molar-refractivity contribution in [1.82, 2.24) is 15.3 Å². The average molecular weight is 465 g/mol. The van der Waals surface area contributed by atoms with Crippen molar-refractivity contribution in [2.45, 2.75) is 32.9 Å². The van der Waals surface area contributed by atoms with Gasteiger partial charge in [0, 0.05) is 18.2 Å². The molecule has 0 aliphatic rings. The molecular formula is C24H28N6O4. The van der Waals surface area contributed by atoms with Crippen LogP contribution < -0.4 is 26.4 Å². The van der Waals surface area contributed by atoms with Gasteiger partial charge in [-0.25, -0.2) is 14.8 Å². The molecule has 10 nitrogen and oxygen atoms in total. The zero-order valence-electron chi connectivity index (χ0n) is 19.5. The topological polar surface area (TPSA) is 140 Å². The molecule has 0 radical (unpaired) electrons. The van der Waals surface area contributed by atoms with Crippen LogP contribution in [0.15, 0.2) is 54.9 Å². The van der Waals surface area contributed by atoms with E-state index < -0.39 is 11.7 Å². The Labute approximate surface area is 197 Å². The molecule has 0 saturated heterocycles. The summed E-state index contributed by atoms with van der Waals surface area (Å²) in [6.45, 7) is 5.68. The number of benzene rings is 2. The number of amides is 2. The van der Waals surface area contributed by atoms with E-state index in [0.29, 0.717) is 29.3 Å². The van der Waals surface area contributed by atoms with Gasteiger partial charge in [0.1, 0.15) is 29.3 Å². The molecule has 0 fully saturated rings. The molecule has 0 unspecified atom stereocenters. The third kappa shape index (κ3) is 7.09. The largest absolute Gasteiger partial charge is 0.497 e. The molecule has 1 heterocycles. The summed E-state index contributed by atoms with van der Waals surface area (Å²) < 4.78 is 10.4. The molecular weight excluding hydrogens is 436 g/mol. The standard InChI is InChI=1S/C24H28N6O4/c1-24(2,3)34-23(32)30-21-12-20(27-14-28-21)29-19-10-7-16(11-18(19)25)22(31)26-13-15-5-8-17(33-4)9-6-15/h5-12,14H,13,25H2,1-4H3,(H,26,31)(H2,27,28,29,30,32). The van der Waals surface area contributed by atoms with Crippen molar-refractivity contribution in [3.05, 3.63) is 66.0 Å². The second-order valence-electron chi connectivity index (χ2n) is 8.37. The second-order valence-corrected chi connectivity index (χ2v) is 8.37. The van der Waals surface area contributed by atoms with Crippen LogP contribution in [0.3, 0.4) is 0 Å². The summed E-state index contributed by atoms with van der Waals surface area (Å²) in [5.41, 5.74) is 7.79. The van der Waals surface area contributed by atoms with E-state index in [9.17, 15) is 9.59 Å². The van der Waals surface area contributed by atoms with Crippen LogP contribution in [-0.2, 0) is 11.3 Å². The van der Waals surface area contributed by atoms with E-state index in [1.54, 1.807) is 52.1 Å². The number of nitrogens with two attached hydrogens (primary N) is 1. The van der Waals surface area contributed by atoms with Crippen molar-refractivity contribution in [2.75, 3.05) is 23.5 Å². The number of ether oxygens (including phenoxy) is 2. The molecule has 2 amide bonds. The number of methoxy groups -OCH3 is 1. The van der Waals surface area contributed by atoms with Crippen molar-refractivity contribution in [2.24, 2.45) is 0 Å². The van der Waals surface area contributed by atoms with Gasteiger partial charge in [-0.05, 0) is 56.7 Å². The molecule has 0 saturated carbocycles. The van der Waals surface area contributed by atoms with Crippen LogP contribution in [0.25, 0.3) is 0 Å². The lowest BCUT2D eigenvalue weighted by Gasteiger charge is -2.19. The lowest BCUT2D eigenvalue weighted by molar-refractivity contribution is 0.0635. The van der Waals surface area contributed by atoms with Crippen molar-refractivity contribution >= 4 is 35.0 Å². The van der Waals surface area contributed by atoms with Gasteiger partial charge in [0.2, 0.25) is 0 Å². The van der Waals surface area contributed by atoms with Crippen molar-refractivity contribution in [1.29, 1.82) is 0 Å². The highest BCUT2D eigenvalue weighted by Crippen LogP contribution is 2.24. The predicted octanol–water partition coefficient (Wildman–Crippen LogP) is 4.09. The Morgan fingerprint density at radius 3 is 2.35 bits per heavy atom. The van der Waals surface area contributed by atoms with Gasteiger partial charge < -0.3 is 25.8 Å². The highest BCUT2D eigenvalue weighted by molar-refractivity contribution is 5.96. The Kier molecular flexibility index (Phi) is 7.52. The Balaban J connectivity index is 1.61. The molecule has 3 aromatic rings.